The molecule has 1 aromatic heterocycles. The second kappa shape index (κ2) is 4.89. The van der Waals surface area contributed by atoms with Crippen molar-refractivity contribution in [3.8, 4) is 0 Å². The Labute approximate surface area is 105 Å². The van der Waals surface area contributed by atoms with Crippen LogP contribution in [-0.2, 0) is 0 Å². The first-order chi connectivity index (χ1) is 8.54. The predicted octanol–water partition coefficient (Wildman–Crippen LogP) is 1.51. The van der Waals surface area contributed by atoms with Crippen molar-refractivity contribution in [2.75, 3.05) is 18.1 Å². The van der Waals surface area contributed by atoms with Crippen LogP contribution in [0.2, 0.25) is 0 Å². The van der Waals surface area contributed by atoms with Gasteiger partial charge in [0, 0.05) is 18.8 Å². The van der Waals surface area contributed by atoms with Crippen LogP contribution in [0.3, 0.4) is 0 Å². The zero-order valence-electron chi connectivity index (χ0n) is 10.5. The molecule has 1 aromatic rings. The molecular weight excluding hydrogens is 234 g/mol. The van der Waals surface area contributed by atoms with E-state index in [1.54, 1.807) is 13.1 Å². The number of hydrogen-bond acceptors (Lipinski definition) is 5. The van der Waals surface area contributed by atoms with Gasteiger partial charge in [0.15, 0.2) is 0 Å². The molecule has 2 unspecified atom stereocenters. The third-order valence-electron chi connectivity index (χ3n) is 3.52. The Bertz CT molecular complexity index is 464. The van der Waals surface area contributed by atoms with Crippen LogP contribution in [0.15, 0.2) is 12.3 Å². The third kappa shape index (κ3) is 2.15. The Balaban J connectivity index is 2.41. The Morgan fingerprint density at radius 1 is 1.67 bits per heavy atom. The number of aryl methyl sites for hydroxylation is 1. The first-order valence-corrected chi connectivity index (χ1v) is 6.03. The molecule has 2 atom stereocenters. The Kier molecular flexibility index (Phi) is 3.47. The van der Waals surface area contributed by atoms with E-state index in [1.165, 1.54) is 6.07 Å². The van der Waals surface area contributed by atoms with Crippen molar-refractivity contribution < 1.29 is 10.0 Å². The SMILES string of the molecule is Cc1cnc(N2CCC(C)C2CO)c([N+](=O)[O-])c1. The van der Waals surface area contributed by atoms with Crippen molar-refractivity contribution >= 4 is 11.5 Å². The van der Waals surface area contributed by atoms with Gasteiger partial charge < -0.3 is 10.0 Å². The summed E-state index contributed by atoms with van der Waals surface area (Å²) in [5, 5.41) is 20.5. The van der Waals surface area contributed by atoms with Crippen molar-refractivity contribution in [2.45, 2.75) is 26.3 Å². The first-order valence-electron chi connectivity index (χ1n) is 6.03. The quantitative estimate of drug-likeness (QED) is 0.650. The number of nitro groups is 1. The summed E-state index contributed by atoms with van der Waals surface area (Å²) in [6.07, 6.45) is 2.54. The van der Waals surface area contributed by atoms with Crippen molar-refractivity contribution in [1.82, 2.24) is 4.98 Å². The molecule has 1 fully saturated rings. The maximum Gasteiger partial charge on any atom is 0.311 e. The number of hydrogen-bond donors (Lipinski definition) is 1. The van der Waals surface area contributed by atoms with E-state index in [9.17, 15) is 15.2 Å². The van der Waals surface area contributed by atoms with Gasteiger partial charge in [-0.25, -0.2) is 4.98 Å². The minimum Gasteiger partial charge on any atom is -0.394 e. The summed E-state index contributed by atoms with van der Waals surface area (Å²) in [7, 11) is 0. The van der Waals surface area contributed by atoms with Gasteiger partial charge in [0.2, 0.25) is 5.82 Å². The lowest BCUT2D eigenvalue weighted by Crippen LogP contribution is -2.36. The number of pyridine rings is 1. The summed E-state index contributed by atoms with van der Waals surface area (Å²) in [6, 6.07) is 1.44. The molecule has 6 nitrogen and oxygen atoms in total. The Morgan fingerprint density at radius 2 is 2.39 bits per heavy atom. The molecule has 0 spiro atoms. The maximum absolute atomic E-state index is 11.1. The molecule has 0 saturated carbocycles. The lowest BCUT2D eigenvalue weighted by Gasteiger charge is -2.25. The van der Waals surface area contributed by atoms with Crippen molar-refractivity contribution in [3.63, 3.8) is 0 Å². The summed E-state index contributed by atoms with van der Waals surface area (Å²) < 4.78 is 0. The highest BCUT2D eigenvalue weighted by Crippen LogP contribution is 2.34. The van der Waals surface area contributed by atoms with E-state index in [0.717, 1.165) is 12.0 Å². The highest BCUT2D eigenvalue weighted by atomic mass is 16.6. The number of anilines is 1. The molecule has 98 valence electrons. The zero-order valence-corrected chi connectivity index (χ0v) is 10.5. The summed E-state index contributed by atoms with van der Waals surface area (Å²) in [5.74, 6) is 0.687. The van der Waals surface area contributed by atoms with Crippen LogP contribution in [0.5, 0.6) is 0 Å². The van der Waals surface area contributed by atoms with Crippen molar-refractivity contribution in [3.05, 3.63) is 27.9 Å². The zero-order chi connectivity index (χ0) is 13.3. The molecule has 0 bridgehead atoms. The van der Waals surface area contributed by atoms with Gasteiger partial charge in [0.1, 0.15) is 0 Å². The average molecular weight is 251 g/mol. The number of aromatic nitrogens is 1. The second-order valence-corrected chi connectivity index (χ2v) is 4.82. The lowest BCUT2D eigenvalue weighted by atomic mass is 10.0. The number of nitrogens with zero attached hydrogens (tertiary/aromatic N) is 3. The van der Waals surface area contributed by atoms with Crippen molar-refractivity contribution in [1.29, 1.82) is 0 Å². The summed E-state index contributed by atoms with van der Waals surface area (Å²) in [5.41, 5.74) is 0.779. The molecule has 0 amide bonds. The smallest absolute Gasteiger partial charge is 0.311 e. The summed E-state index contributed by atoms with van der Waals surface area (Å²) in [4.78, 5) is 16.7. The van der Waals surface area contributed by atoms with Gasteiger partial charge in [-0.15, -0.1) is 0 Å². The molecule has 2 rings (SSSR count). The number of aliphatic hydroxyl groups is 1. The summed E-state index contributed by atoms with van der Waals surface area (Å²) in [6.45, 7) is 4.51. The van der Waals surface area contributed by atoms with Gasteiger partial charge >= 0.3 is 5.69 Å². The topological polar surface area (TPSA) is 79.5 Å². The van der Waals surface area contributed by atoms with Gasteiger partial charge in [0.25, 0.3) is 0 Å². The monoisotopic (exact) mass is 251 g/mol. The fraction of sp³-hybridized carbons (Fsp3) is 0.583. The van der Waals surface area contributed by atoms with Gasteiger partial charge in [-0.2, -0.15) is 0 Å². The number of aliphatic hydroxyl groups excluding tert-OH is 1. The highest BCUT2D eigenvalue weighted by Gasteiger charge is 2.35. The number of rotatable bonds is 3. The first kappa shape index (κ1) is 12.8. The molecule has 1 N–H and O–H groups in total. The predicted molar refractivity (Wildman–Crippen MR) is 67.6 cm³/mol. The largest absolute Gasteiger partial charge is 0.394 e. The van der Waals surface area contributed by atoms with Crippen LogP contribution in [-0.4, -0.2) is 34.2 Å². The second-order valence-electron chi connectivity index (χ2n) is 4.82. The van der Waals surface area contributed by atoms with E-state index >= 15 is 0 Å². The summed E-state index contributed by atoms with van der Waals surface area (Å²) >= 11 is 0. The fourth-order valence-electron chi connectivity index (χ4n) is 2.45. The molecule has 1 aliphatic rings. The molecule has 1 aliphatic heterocycles. The van der Waals surface area contributed by atoms with Gasteiger partial charge in [-0.3, -0.25) is 10.1 Å². The van der Waals surface area contributed by atoms with E-state index in [2.05, 4.69) is 4.98 Å². The van der Waals surface area contributed by atoms with Gasteiger partial charge in [0.05, 0.1) is 17.6 Å². The molecule has 2 heterocycles. The van der Waals surface area contributed by atoms with Gasteiger partial charge in [-0.05, 0) is 24.8 Å². The fourth-order valence-corrected chi connectivity index (χ4v) is 2.45. The van der Waals surface area contributed by atoms with Crippen LogP contribution in [0.25, 0.3) is 0 Å². The van der Waals surface area contributed by atoms with E-state index in [1.807, 2.05) is 11.8 Å². The van der Waals surface area contributed by atoms with Crippen LogP contribution < -0.4 is 4.90 Å². The van der Waals surface area contributed by atoms with Gasteiger partial charge in [-0.1, -0.05) is 6.92 Å². The molecule has 6 heteroatoms. The van der Waals surface area contributed by atoms with E-state index in [4.69, 9.17) is 0 Å². The van der Waals surface area contributed by atoms with Crippen molar-refractivity contribution in [2.24, 2.45) is 5.92 Å². The average Bonchev–Trinajstić information content (AvgIpc) is 2.70. The third-order valence-corrected chi connectivity index (χ3v) is 3.52. The van der Waals surface area contributed by atoms with Crippen LogP contribution in [0.1, 0.15) is 18.9 Å². The van der Waals surface area contributed by atoms with E-state index in [-0.39, 0.29) is 18.3 Å². The van der Waals surface area contributed by atoms with E-state index in [0.29, 0.717) is 18.3 Å². The lowest BCUT2D eigenvalue weighted by molar-refractivity contribution is -0.384. The van der Waals surface area contributed by atoms with Crippen LogP contribution >= 0.6 is 0 Å². The molecule has 0 aromatic carbocycles. The minimum atomic E-state index is -0.410. The molecule has 0 aliphatic carbocycles. The Hall–Kier alpha value is -1.69. The molecular formula is C12H17N3O3. The normalized spacial score (nSPS) is 23.4. The Morgan fingerprint density at radius 3 is 3.00 bits per heavy atom. The van der Waals surface area contributed by atoms with Crippen LogP contribution in [0, 0.1) is 23.0 Å². The molecule has 1 saturated heterocycles. The standard InChI is InChI=1S/C12H17N3O3/c1-8-5-10(15(17)18)12(13-6-8)14-4-3-9(2)11(14)7-16/h5-6,9,11,16H,3-4,7H2,1-2H3. The molecule has 0 radical (unpaired) electrons. The highest BCUT2D eigenvalue weighted by molar-refractivity contribution is 5.59. The molecule has 18 heavy (non-hydrogen) atoms. The minimum absolute atomic E-state index is 0.00607. The van der Waals surface area contributed by atoms with E-state index < -0.39 is 4.92 Å². The van der Waals surface area contributed by atoms with Crippen LogP contribution in [0.4, 0.5) is 11.5 Å². The maximum atomic E-state index is 11.1.